The topological polar surface area (TPSA) is 82.8 Å². The van der Waals surface area contributed by atoms with E-state index in [9.17, 15) is 4.79 Å². The number of Topliss-reactive ketones (excluding diaryl/α,β-unsaturated/α-hetero) is 1. The third-order valence-corrected chi connectivity index (χ3v) is 6.45. The van der Waals surface area contributed by atoms with Gasteiger partial charge < -0.3 is 20.0 Å². The van der Waals surface area contributed by atoms with Crippen LogP contribution in [-0.4, -0.2) is 20.7 Å². The molecule has 0 radical (unpaired) electrons. The number of aromatic nitrogens is 3. The van der Waals surface area contributed by atoms with Crippen molar-refractivity contribution in [2.24, 2.45) is 0 Å². The fraction of sp³-hybridized carbons (Fsp3) is 0.231. The van der Waals surface area contributed by atoms with Gasteiger partial charge in [-0.05, 0) is 49.1 Å². The lowest BCUT2D eigenvalue weighted by Crippen LogP contribution is -2.26. The van der Waals surface area contributed by atoms with E-state index in [-0.39, 0.29) is 11.7 Å². The Bertz CT molecular complexity index is 1340. The van der Waals surface area contributed by atoms with E-state index >= 15 is 0 Å². The number of allylic oxidation sites excluding steroid dienone is 2. The Balaban J connectivity index is 1.42. The Kier molecular flexibility index (Phi) is 4.38. The van der Waals surface area contributed by atoms with Gasteiger partial charge in [0.2, 0.25) is 0 Å². The SMILES string of the molecule is CCc1[nH]cc2c1NC1=C(C(=O)CCC1)[C@H]2c1cccc(Oc2nc3ccccc3[nH]2)c1. The van der Waals surface area contributed by atoms with Gasteiger partial charge in [-0.25, -0.2) is 0 Å². The molecule has 4 aromatic rings. The highest BCUT2D eigenvalue weighted by Gasteiger charge is 2.36. The number of aryl methyl sites for hydroxylation is 1. The molecule has 2 aromatic heterocycles. The van der Waals surface area contributed by atoms with Gasteiger partial charge in [0.1, 0.15) is 5.75 Å². The number of nitrogens with zero attached hydrogens (tertiary/aromatic N) is 1. The molecular weight excluding hydrogens is 400 g/mol. The fourth-order valence-electron chi connectivity index (χ4n) is 4.97. The van der Waals surface area contributed by atoms with Crippen LogP contribution in [0.25, 0.3) is 11.0 Å². The molecule has 3 N–H and O–H groups in total. The standard InChI is InChI=1S/C26H24N4O2/c1-2-18-25-17(14-27-18)23(24-21(28-25)11-6-12-22(24)31)15-7-5-8-16(13-15)32-26-29-19-9-3-4-10-20(19)30-26/h3-5,7-10,13-14,23,27-28H,2,6,11-12H2,1H3,(H,29,30)/t23-/m0/s1. The Hall–Kier alpha value is -3.80. The maximum absolute atomic E-state index is 13.0. The molecule has 0 saturated carbocycles. The number of benzene rings is 2. The summed E-state index contributed by atoms with van der Waals surface area (Å²) < 4.78 is 6.08. The first kappa shape index (κ1) is 18.9. The summed E-state index contributed by atoms with van der Waals surface area (Å²) in [5.74, 6) is 0.820. The number of carbonyl (C=O) groups excluding carboxylic acids is 1. The van der Waals surface area contributed by atoms with Crippen LogP contribution in [0.4, 0.5) is 5.69 Å². The van der Waals surface area contributed by atoms with E-state index in [1.807, 2.05) is 48.7 Å². The summed E-state index contributed by atoms with van der Waals surface area (Å²) in [6, 6.07) is 16.3. The van der Waals surface area contributed by atoms with Crippen molar-refractivity contribution < 1.29 is 9.53 Å². The molecule has 160 valence electrons. The number of ketones is 1. The Morgan fingerprint density at radius 3 is 2.91 bits per heavy atom. The average Bonchev–Trinajstić information content (AvgIpc) is 3.41. The highest BCUT2D eigenvalue weighted by molar-refractivity contribution is 6.01. The monoisotopic (exact) mass is 424 g/mol. The molecule has 0 unspecified atom stereocenters. The minimum absolute atomic E-state index is 0.107. The Morgan fingerprint density at radius 1 is 1.12 bits per heavy atom. The number of hydrogen-bond acceptors (Lipinski definition) is 4. The van der Waals surface area contributed by atoms with Crippen LogP contribution in [0.1, 0.15) is 48.9 Å². The maximum atomic E-state index is 13.0. The summed E-state index contributed by atoms with van der Waals surface area (Å²) in [4.78, 5) is 24.2. The molecule has 0 saturated heterocycles. The molecule has 6 rings (SSSR count). The molecule has 2 aromatic carbocycles. The van der Waals surface area contributed by atoms with Gasteiger partial charge >= 0.3 is 0 Å². The number of rotatable bonds is 4. The van der Waals surface area contributed by atoms with Crippen molar-refractivity contribution in [2.75, 3.05) is 5.32 Å². The van der Waals surface area contributed by atoms with Crippen LogP contribution in [0, 0.1) is 0 Å². The number of aromatic amines is 2. The van der Waals surface area contributed by atoms with Gasteiger partial charge in [-0.2, -0.15) is 4.98 Å². The van der Waals surface area contributed by atoms with E-state index in [0.717, 1.165) is 58.4 Å². The third kappa shape index (κ3) is 3.02. The summed E-state index contributed by atoms with van der Waals surface area (Å²) in [7, 11) is 0. The first-order valence-corrected chi connectivity index (χ1v) is 11.2. The smallest absolute Gasteiger partial charge is 0.300 e. The van der Waals surface area contributed by atoms with E-state index in [2.05, 4.69) is 33.3 Å². The molecule has 1 aliphatic heterocycles. The second-order valence-electron chi connectivity index (χ2n) is 8.41. The van der Waals surface area contributed by atoms with Crippen molar-refractivity contribution in [3.8, 4) is 11.8 Å². The zero-order valence-corrected chi connectivity index (χ0v) is 17.9. The van der Waals surface area contributed by atoms with Gasteiger partial charge in [-0.3, -0.25) is 4.79 Å². The van der Waals surface area contributed by atoms with Gasteiger partial charge in [-0.15, -0.1) is 0 Å². The minimum atomic E-state index is -0.107. The highest BCUT2D eigenvalue weighted by atomic mass is 16.5. The Morgan fingerprint density at radius 2 is 2.03 bits per heavy atom. The highest BCUT2D eigenvalue weighted by Crippen LogP contribution is 2.47. The van der Waals surface area contributed by atoms with Crippen LogP contribution in [0.5, 0.6) is 11.8 Å². The molecule has 0 fully saturated rings. The van der Waals surface area contributed by atoms with Crippen molar-refractivity contribution in [3.63, 3.8) is 0 Å². The summed E-state index contributed by atoms with van der Waals surface area (Å²) in [6.07, 6.45) is 5.35. The van der Waals surface area contributed by atoms with E-state index in [0.29, 0.717) is 18.2 Å². The number of para-hydroxylation sites is 2. The number of nitrogens with one attached hydrogen (secondary N) is 3. The number of H-pyrrole nitrogens is 2. The van der Waals surface area contributed by atoms with Crippen molar-refractivity contribution in [1.29, 1.82) is 0 Å². The quantitative estimate of drug-likeness (QED) is 0.386. The second-order valence-corrected chi connectivity index (χ2v) is 8.41. The Labute approximate surface area is 185 Å². The molecule has 32 heavy (non-hydrogen) atoms. The van der Waals surface area contributed by atoms with Gasteiger partial charge in [0, 0.05) is 41.1 Å². The van der Waals surface area contributed by atoms with Crippen molar-refractivity contribution in [1.82, 2.24) is 15.0 Å². The van der Waals surface area contributed by atoms with E-state index in [4.69, 9.17) is 4.74 Å². The van der Waals surface area contributed by atoms with Crippen molar-refractivity contribution >= 4 is 22.5 Å². The third-order valence-electron chi connectivity index (χ3n) is 6.45. The zero-order chi connectivity index (χ0) is 21.7. The predicted molar refractivity (Wildman–Crippen MR) is 124 cm³/mol. The number of imidazole rings is 1. The molecule has 0 amide bonds. The lowest BCUT2D eigenvalue weighted by Gasteiger charge is -2.33. The number of hydrogen-bond donors (Lipinski definition) is 3. The second kappa shape index (κ2) is 7.41. The average molecular weight is 425 g/mol. The van der Waals surface area contributed by atoms with Crippen molar-refractivity contribution in [3.05, 3.63) is 82.8 Å². The van der Waals surface area contributed by atoms with Crippen LogP contribution < -0.4 is 10.1 Å². The predicted octanol–water partition coefficient (Wildman–Crippen LogP) is 5.81. The number of fused-ring (bicyclic) bond motifs is 2. The van der Waals surface area contributed by atoms with Crippen LogP contribution in [0.2, 0.25) is 0 Å². The largest absolute Gasteiger partial charge is 0.426 e. The molecule has 1 atom stereocenters. The summed E-state index contributed by atoms with van der Waals surface area (Å²) in [6.45, 7) is 2.14. The summed E-state index contributed by atoms with van der Waals surface area (Å²) in [5, 5.41) is 3.58. The minimum Gasteiger partial charge on any atom is -0.426 e. The van der Waals surface area contributed by atoms with Gasteiger partial charge in [0.25, 0.3) is 6.01 Å². The molecule has 2 aliphatic rings. The summed E-state index contributed by atoms with van der Waals surface area (Å²) in [5.41, 5.74) is 8.22. The molecule has 6 heteroatoms. The van der Waals surface area contributed by atoms with E-state index < -0.39 is 0 Å². The van der Waals surface area contributed by atoms with Crippen LogP contribution in [-0.2, 0) is 11.2 Å². The van der Waals surface area contributed by atoms with Crippen LogP contribution in [0.15, 0.2) is 66.0 Å². The molecule has 3 heterocycles. The lowest BCUT2D eigenvalue weighted by atomic mass is 9.76. The molecule has 6 nitrogen and oxygen atoms in total. The van der Waals surface area contributed by atoms with Crippen molar-refractivity contribution in [2.45, 2.75) is 38.5 Å². The molecular formula is C26H24N4O2. The normalized spacial score (nSPS) is 17.8. The van der Waals surface area contributed by atoms with Crippen LogP contribution >= 0.6 is 0 Å². The number of anilines is 1. The number of carbonyl (C=O) groups is 1. The van der Waals surface area contributed by atoms with E-state index in [1.165, 1.54) is 5.69 Å². The zero-order valence-electron chi connectivity index (χ0n) is 17.9. The van der Waals surface area contributed by atoms with Crippen LogP contribution in [0.3, 0.4) is 0 Å². The fourth-order valence-corrected chi connectivity index (χ4v) is 4.97. The maximum Gasteiger partial charge on any atom is 0.300 e. The summed E-state index contributed by atoms with van der Waals surface area (Å²) >= 11 is 0. The molecule has 0 bridgehead atoms. The van der Waals surface area contributed by atoms with Gasteiger partial charge in [-0.1, -0.05) is 31.2 Å². The molecule has 0 spiro atoms. The molecule has 1 aliphatic carbocycles. The first-order valence-electron chi connectivity index (χ1n) is 11.2. The first-order chi connectivity index (χ1) is 15.7. The number of ether oxygens (including phenoxy) is 1. The lowest BCUT2D eigenvalue weighted by molar-refractivity contribution is -0.116. The van der Waals surface area contributed by atoms with Gasteiger partial charge in [0.05, 0.1) is 16.7 Å². The van der Waals surface area contributed by atoms with E-state index in [1.54, 1.807) is 0 Å². The van der Waals surface area contributed by atoms with Gasteiger partial charge in [0.15, 0.2) is 5.78 Å².